The van der Waals surface area contributed by atoms with E-state index < -0.39 is 5.82 Å². The highest BCUT2D eigenvalue weighted by atomic mass is 35.5. The third-order valence-electron chi connectivity index (χ3n) is 4.77. The lowest BCUT2D eigenvalue weighted by atomic mass is 10.1. The van der Waals surface area contributed by atoms with Gasteiger partial charge in [0, 0.05) is 11.6 Å². The van der Waals surface area contributed by atoms with E-state index in [1.54, 1.807) is 24.4 Å². The average molecular weight is 446 g/mol. The number of benzene rings is 2. The summed E-state index contributed by atoms with van der Waals surface area (Å²) < 4.78 is 20.2. The van der Waals surface area contributed by atoms with E-state index in [1.807, 2.05) is 24.8 Å². The van der Waals surface area contributed by atoms with Crippen molar-refractivity contribution in [3.63, 3.8) is 0 Å². The van der Waals surface area contributed by atoms with Crippen LogP contribution in [0.2, 0.25) is 10.0 Å². The van der Waals surface area contributed by atoms with E-state index in [9.17, 15) is 4.39 Å². The molecule has 0 fully saturated rings. The average Bonchev–Trinajstić information content (AvgIpc) is 3.18. The van der Waals surface area contributed by atoms with Gasteiger partial charge in [0.1, 0.15) is 28.3 Å². The summed E-state index contributed by atoms with van der Waals surface area (Å²) in [6.45, 7) is 4.39. The monoisotopic (exact) mass is 445 g/mol. The van der Waals surface area contributed by atoms with Crippen molar-refractivity contribution in [1.82, 2.24) is 20.2 Å². The Bertz CT molecular complexity index is 1220. The van der Waals surface area contributed by atoms with Gasteiger partial charge in [-0.2, -0.15) is 5.10 Å². The number of aromatic amines is 1. The van der Waals surface area contributed by atoms with E-state index in [4.69, 9.17) is 32.9 Å². The van der Waals surface area contributed by atoms with Crippen LogP contribution in [-0.2, 0) is 0 Å². The molecule has 0 aliphatic rings. The zero-order valence-electron chi connectivity index (χ0n) is 16.5. The molecule has 0 atom stereocenters. The summed E-state index contributed by atoms with van der Waals surface area (Å²) in [4.78, 5) is 11.2. The summed E-state index contributed by atoms with van der Waals surface area (Å²) in [6.07, 6.45) is 1.57. The molecule has 4 aromatic rings. The molecule has 0 saturated heterocycles. The Morgan fingerprint density at radius 3 is 2.70 bits per heavy atom. The number of anilines is 2. The number of fused-ring (bicyclic) bond motifs is 1. The van der Waals surface area contributed by atoms with Gasteiger partial charge in [-0.05, 0) is 43.7 Å². The number of methoxy groups -OCH3 is 1. The van der Waals surface area contributed by atoms with E-state index in [0.717, 1.165) is 11.3 Å². The second-order valence-electron chi connectivity index (χ2n) is 6.62. The lowest BCUT2D eigenvalue weighted by Gasteiger charge is -2.25. The van der Waals surface area contributed by atoms with Crippen LogP contribution < -0.4 is 9.64 Å². The van der Waals surface area contributed by atoms with E-state index in [-0.39, 0.29) is 5.56 Å². The first kappa shape index (κ1) is 20.4. The number of aryl methyl sites for hydroxylation is 1. The Balaban J connectivity index is 1.99. The number of nitrogens with one attached hydrogen (secondary N) is 1. The van der Waals surface area contributed by atoms with Crippen LogP contribution in [0, 0.1) is 12.7 Å². The van der Waals surface area contributed by atoms with Crippen molar-refractivity contribution >= 4 is 45.9 Å². The second kappa shape index (κ2) is 8.08. The fourth-order valence-corrected chi connectivity index (χ4v) is 4.17. The third kappa shape index (κ3) is 3.44. The molecule has 1 N–H and O–H groups in total. The summed E-state index contributed by atoms with van der Waals surface area (Å²) >= 11 is 12.6. The minimum Gasteiger partial charge on any atom is -0.496 e. The van der Waals surface area contributed by atoms with E-state index >= 15 is 0 Å². The van der Waals surface area contributed by atoms with Gasteiger partial charge >= 0.3 is 0 Å². The predicted octanol–water partition coefficient (Wildman–Crippen LogP) is 5.94. The fourth-order valence-electron chi connectivity index (χ4n) is 3.47. The molecule has 30 heavy (non-hydrogen) atoms. The van der Waals surface area contributed by atoms with Crippen molar-refractivity contribution in [2.24, 2.45) is 0 Å². The van der Waals surface area contributed by atoms with Gasteiger partial charge in [-0.25, -0.2) is 14.4 Å². The Labute approximate surface area is 182 Å². The van der Waals surface area contributed by atoms with Gasteiger partial charge < -0.3 is 9.64 Å². The van der Waals surface area contributed by atoms with Crippen LogP contribution in [-0.4, -0.2) is 33.8 Å². The zero-order chi connectivity index (χ0) is 21.4. The molecule has 2 heterocycles. The number of hydrogen-bond donors (Lipinski definition) is 1. The summed E-state index contributed by atoms with van der Waals surface area (Å²) in [6, 6.07) is 8.12. The normalized spacial score (nSPS) is 11.1. The van der Waals surface area contributed by atoms with E-state index in [2.05, 4.69) is 15.2 Å². The summed E-state index contributed by atoms with van der Waals surface area (Å²) in [5.41, 5.74) is 3.24. The molecule has 0 radical (unpaired) electrons. The van der Waals surface area contributed by atoms with Gasteiger partial charge in [-0.1, -0.05) is 29.3 Å². The number of aromatic nitrogens is 4. The molecule has 0 aliphatic heterocycles. The van der Waals surface area contributed by atoms with Crippen molar-refractivity contribution in [1.29, 1.82) is 0 Å². The lowest BCUT2D eigenvalue weighted by molar-refractivity contribution is 0.413. The molecule has 154 valence electrons. The third-order valence-corrected chi connectivity index (χ3v) is 5.27. The number of halogens is 3. The first-order valence-electron chi connectivity index (χ1n) is 9.21. The van der Waals surface area contributed by atoms with Gasteiger partial charge in [-0.3, -0.25) is 5.10 Å². The van der Waals surface area contributed by atoms with E-state index in [0.29, 0.717) is 45.0 Å². The van der Waals surface area contributed by atoms with Crippen molar-refractivity contribution in [2.75, 3.05) is 18.6 Å². The molecule has 0 spiro atoms. The van der Waals surface area contributed by atoms with Crippen molar-refractivity contribution in [2.45, 2.75) is 13.8 Å². The fraction of sp³-hybridized carbons (Fsp3) is 0.190. The van der Waals surface area contributed by atoms with Crippen LogP contribution in [0.5, 0.6) is 5.75 Å². The lowest BCUT2D eigenvalue weighted by Crippen LogP contribution is -2.20. The summed E-state index contributed by atoms with van der Waals surface area (Å²) in [5, 5.41) is 7.94. The number of H-pyrrole nitrogens is 1. The highest BCUT2D eigenvalue weighted by Gasteiger charge is 2.23. The molecule has 2 aromatic heterocycles. The van der Waals surface area contributed by atoms with Gasteiger partial charge in [0.15, 0.2) is 0 Å². The Kier molecular flexibility index (Phi) is 5.49. The van der Waals surface area contributed by atoms with Crippen LogP contribution in [0.1, 0.15) is 12.5 Å². The highest BCUT2D eigenvalue weighted by molar-refractivity contribution is 6.36. The van der Waals surface area contributed by atoms with E-state index in [1.165, 1.54) is 13.2 Å². The smallest absolute Gasteiger partial charge is 0.231 e. The first-order chi connectivity index (χ1) is 14.4. The van der Waals surface area contributed by atoms with Crippen molar-refractivity contribution < 1.29 is 9.13 Å². The largest absolute Gasteiger partial charge is 0.496 e. The predicted molar refractivity (Wildman–Crippen MR) is 118 cm³/mol. The molecule has 0 unspecified atom stereocenters. The van der Waals surface area contributed by atoms with Crippen molar-refractivity contribution in [3.8, 4) is 17.0 Å². The quantitative estimate of drug-likeness (QED) is 0.411. The standard InChI is InChI=1S/C21H18Cl2FN5O/c1-4-29(20-11(2)8-12(22)9-13(20)23)21-26-15-10-25-28-18(15)19(27-21)17-14(24)6-5-7-16(17)30-3/h5-10H,4H2,1-3H3,(H,25,28). The zero-order valence-corrected chi connectivity index (χ0v) is 18.0. The molecule has 0 amide bonds. The molecule has 2 aromatic carbocycles. The number of ether oxygens (including phenoxy) is 1. The number of hydrogen-bond acceptors (Lipinski definition) is 5. The van der Waals surface area contributed by atoms with Gasteiger partial charge in [0.05, 0.1) is 29.6 Å². The van der Waals surface area contributed by atoms with Gasteiger partial charge in [0.25, 0.3) is 0 Å². The minimum atomic E-state index is -0.460. The molecule has 0 saturated carbocycles. The van der Waals surface area contributed by atoms with Crippen LogP contribution in [0.4, 0.5) is 16.0 Å². The Morgan fingerprint density at radius 1 is 1.20 bits per heavy atom. The molecule has 0 bridgehead atoms. The van der Waals surface area contributed by atoms with Crippen LogP contribution in [0.3, 0.4) is 0 Å². The maximum Gasteiger partial charge on any atom is 0.231 e. The Hall–Kier alpha value is -2.90. The SMILES string of the molecule is CCN(c1nc(-c2c(F)cccc2OC)c2[nH]ncc2n1)c1c(C)cc(Cl)cc1Cl. The second-order valence-corrected chi connectivity index (χ2v) is 7.46. The molecular weight excluding hydrogens is 428 g/mol. The highest BCUT2D eigenvalue weighted by Crippen LogP contribution is 2.39. The molecule has 0 aliphatic carbocycles. The number of nitrogens with zero attached hydrogens (tertiary/aromatic N) is 4. The maximum atomic E-state index is 14.8. The maximum absolute atomic E-state index is 14.8. The van der Waals surface area contributed by atoms with Crippen LogP contribution >= 0.6 is 23.2 Å². The van der Waals surface area contributed by atoms with Gasteiger partial charge in [-0.15, -0.1) is 0 Å². The molecule has 9 heteroatoms. The first-order valence-corrected chi connectivity index (χ1v) is 9.97. The van der Waals surface area contributed by atoms with Crippen LogP contribution in [0.25, 0.3) is 22.3 Å². The minimum absolute atomic E-state index is 0.230. The van der Waals surface area contributed by atoms with Crippen molar-refractivity contribution in [3.05, 3.63) is 58.0 Å². The molecule has 6 nitrogen and oxygen atoms in total. The summed E-state index contributed by atoms with van der Waals surface area (Å²) in [5.74, 6) is 0.261. The van der Waals surface area contributed by atoms with Gasteiger partial charge in [0.2, 0.25) is 5.95 Å². The number of rotatable bonds is 5. The summed E-state index contributed by atoms with van der Waals surface area (Å²) in [7, 11) is 1.49. The molecule has 4 rings (SSSR count). The Morgan fingerprint density at radius 2 is 2.00 bits per heavy atom. The molecular formula is C21H18Cl2FN5O. The topological polar surface area (TPSA) is 66.9 Å². The van der Waals surface area contributed by atoms with Crippen LogP contribution in [0.15, 0.2) is 36.5 Å².